The smallest absolute Gasteiger partial charge is 0.407 e. The van der Waals surface area contributed by atoms with Gasteiger partial charge in [-0.15, -0.1) is 0 Å². The van der Waals surface area contributed by atoms with Gasteiger partial charge in [0.25, 0.3) is 0 Å². The van der Waals surface area contributed by atoms with Crippen LogP contribution in [0.2, 0.25) is 0 Å². The zero-order valence-electron chi connectivity index (χ0n) is 23.1. The molecule has 1 amide bonds. The van der Waals surface area contributed by atoms with Crippen molar-refractivity contribution >= 4 is 6.09 Å². The average molecular weight is 517 g/mol. The number of aryl methyl sites for hydroxylation is 1. The third kappa shape index (κ3) is 11.9. The molecule has 0 radical (unpaired) electrons. The fourth-order valence-corrected chi connectivity index (χ4v) is 3.95. The van der Waals surface area contributed by atoms with Gasteiger partial charge < -0.3 is 24.6 Å². The number of benzene rings is 2. The summed E-state index contributed by atoms with van der Waals surface area (Å²) >= 11 is 0. The van der Waals surface area contributed by atoms with Crippen molar-refractivity contribution in [2.75, 3.05) is 20.8 Å². The number of rotatable bonds is 10. The Morgan fingerprint density at radius 2 is 1.68 bits per heavy atom. The van der Waals surface area contributed by atoms with Crippen LogP contribution in [0.1, 0.15) is 57.6 Å². The van der Waals surface area contributed by atoms with E-state index >= 15 is 0 Å². The van der Waals surface area contributed by atoms with Gasteiger partial charge in [-0.1, -0.05) is 49.2 Å². The van der Waals surface area contributed by atoms with E-state index in [1.165, 1.54) is 18.4 Å². The Morgan fingerprint density at radius 1 is 1.03 bits per heavy atom. The minimum Gasteiger partial charge on any atom is -0.493 e. The lowest BCUT2D eigenvalue weighted by atomic mass is 10.0. The van der Waals surface area contributed by atoms with E-state index in [0.29, 0.717) is 6.42 Å². The number of ether oxygens (including phenoxy) is 3. The van der Waals surface area contributed by atoms with Crippen molar-refractivity contribution in [1.82, 2.24) is 10.8 Å². The third-order valence-corrected chi connectivity index (χ3v) is 5.85. The van der Waals surface area contributed by atoms with E-state index in [0.717, 1.165) is 29.9 Å². The molecule has 0 spiro atoms. The van der Waals surface area contributed by atoms with Gasteiger partial charge in [-0.05, 0) is 70.2 Å². The summed E-state index contributed by atoms with van der Waals surface area (Å²) in [5.41, 5.74) is 4.49. The van der Waals surface area contributed by atoms with E-state index in [4.69, 9.17) is 19.0 Å². The van der Waals surface area contributed by atoms with Gasteiger partial charge in [-0.3, -0.25) is 4.84 Å². The predicted molar refractivity (Wildman–Crippen MR) is 145 cm³/mol. The molecule has 1 aliphatic rings. The van der Waals surface area contributed by atoms with Crippen LogP contribution in [0.4, 0.5) is 4.79 Å². The lowest BCUT2D eigenvalue weighted by Gasteiger charge is -2.27. The Kier molecular flexibility index (Phi) is 12.7. The van der Waals surface area contributed by atoms with Crippen LogP contribution in [-0.4, -0.2) is 55.8 Å². The first kappa shape index (κ1) is 30.4. The standard InChI is InChI=1S/C20H32N2O4.C9H12O2/c1-20(2,3)25-19(24)22-17(13-15-9-5-4-6-10-15)18(23)14-21-26-16-11-7-8-12-16;1-7-4-5-8(10-2)9(6-7)11-3/h4-6,9-10,16-18,21,23H,7-8,11-14H2,1-3H3,(H,22,24);4-6H,1-3H3. The highest BCUT2D eigenvalue weighted by atomic mass is 16.7. The van der Waals surface area contributed by atoms with Crippen LogP contribution in [0.5, 0.6) is 11.5 Å². The highest BCUT2D eigenvalue weighted by molar-refractivity contribution is 5.68. The highest BCUT2D eigenvalue weighted by Crippen LogP contribution is 2.26. The normalized spacial score (nSPS) is 15.2. The van der Waals surface area contributed by atoms with Crippen molar-refractivity contribution in [3.05, 3.63) is 59.7 Å². The van der Waals surface area contributed by atoms with Gasteiger partial charge in [0.05, 0.1) is 32.5 Å². The Balaban J connectivity index is 0.000000364. The zero-order valence-corrected chi connectivity index (χ0v) is 23.1. The molecule has 3 N–H and O–H groups in total. The molecule has 8 nitrogen and oxygen atoms in total. The summed E-state index contributed by atoms with van der Waals surface area (Å²) in [6.07, 6.45) is 3.86. The topological polar surface area (TPSA) is 98.3 Å². The van der Waals surface area contributed by atoms with Crippen molar-refractivity contribution in [3.8, 4) is 11.5 Å². The summed E-state index contributed by atoms with van der Waals surface area (Å²) in [6, 6.07) is 15.1. The van der Waals surface area contributed by atoms with E-state index in [-0.39, 0.29) is 12.6 Å². The van der Waals surface area contributed by atoms with E-state index in [1.54, 1.807) is 14.2 Å². The molecule has 2 unspecified atom stereocenters. The molecule has 0 heterocycles. The van der Waals surface area contributed by atoms with Gasteiger partial charge in [0.2, 0.25) is 0 Å². The monoisotopic (exact) mass is 516 g/mol. The largest absolute Gasteiger partial charge is 0.493 e. The molecular formula is C29H44N2O6. The fraction of sp³-hybridized carbons (Fsp3) is 0.552. The van der Waals surface area contributed by atoms with E-state index < -0.39 is 23.8 Å². The molecule has 8 heteroatoms. The molecule has 3 rings (SSSR count). The molecule has 1 fully saturated rings. The molecule has 0 aliphatic heterocycles. The summed E-state index contributed by atoms with van der Waals surface area (Å²) in [5.74, 6) is 1.56. The van der Waals surface area contributed by atoms with Gasteiger partial charge in [-0.2, -0.15) is 5.48 Å². The molecule has 2 aromatic carbocycles. The van der Waals surface area contributed by atoms with Gasteiger partial charge >= 0.3 is 6.09 Å². The maximum Gasteiger partial charge on any atom is 0.407 e. The summed E-state index contributed by atoms with van der Waals surface area (Å²) < 4.78 is 15.5. The molecular weight excluding hydrogens is 472 g/mol. The molecule has 1 saturated carbocycles. The van der Waals surface area contributed by atoms with E-state index in [9.17, 15) is 9.90 Å². The lowest BCUT2D eigenvalue weighted by molar-refractivity contribution is -0.0418. The minimum absolute atomic E-state index is 0.216. The van der Waals surface area contributed by atoms with Gasteiger partial charge in [0, 0.05) is 6.54 Å². The van der Waals surface area contributed by atoms with Gasteiger partial charge in [-0.25, -0.2) is 4.79 Å². The van der Waals surface area contributed by atoms with Crippen molar-refractivity contribution in [1.29, 1.82) is 0 Å². The number of carbonyl (C=O) groups is 1. The van der Waals surface area contributed by atoms with Crippen LogP contribution in [0.15, 0.2) is 48.5 Å². The summed E-state index contributed by atoms with van der Waals surface area (Å²) in [7, 11) is 3.27. The Labute approximate surface area is 221 Å². The van der Waals surface area contributed by atoms with Crippen molar-refractivity contribution < 1.29 is 28.9 Å². The number of aliphatic hydroxyl groups excluding tert-OH is 1. The van der Waals surface area contributed by atoms with E-state index in [2.05, 4.69) is 10.8 Å². The van der Waals surface area contributed by atoms with Crippen molar-refractivity contribution in [2.45, 2.75) is 83.6 Å². The molecule has 0 bridgehead atoms. The SMILES string of the molecule is CC(C)(C)OC(=O)NC(Cc1ccccc1)C(O)CNOC1CCCC1.COc1ccc(C)cc1OC. The number of carbonyl (C=O) groups excluding carboxylic acids is 1. The van der Waals surface area contributed by atoms with Crippen LogP contribution in [0.25, 0.3) is 0 Å². The van der Waals surface area contributed by atoms with Crippen LogP contribution in [-0.2, 0) is 16.0 Å². The Bertz CT molecular complexity index is 926. The molecule has 2 atom stereocenters. The quantitative estimate of drug-likeness (QED) is 0.384. The van der Waals surface area contributed by atoms with Crippen LogP contribution >= 0.6 is 0 Å². The van der Waals surface area contributed by atoms with Crippen LogP contribution in [0.3, 0.4) is 0 Å². The van der Waals surface area contributed by atoms with Gasteiger partial charge in [0.15, 0.2) is 11.5 Å². The average Bonchev–Trinajstić information content (AvgIpc) is 3.37. The first-order chi connectivity index (χ1) is 17.6. The number of alkyl carbamates (subject to hydrolysis) is 1. The second-order valence-corrected chi connectivity index (χ2v) is 10.2. The molecule has 1 aliphatic carbocycles. The van der Waals surface area contributed by atoms with Crippen molar-refractivity contribution in [3.63, 3.8) is 0 Å². The number of hydrogen-bond donors (Lipinski definition) is 3. The molecule has 2 aromatic rings. The molecule has 0 aromatic heterocycles. The van der Waals surface area contributed by atoms with Gasteiger partial charge in [0.1, 0.15) is 5.60 Å². The Hall–Kier alpha value is -2.81. The summed E-state index contributed by atoms with van der Waals surface area (Å²) in [4.78, 5) is 17.8. The lowest BCUT2D eigenvalue weighted by Crippen LogP contribution is -2.50. The summed E-state index contributed by atoms with van der Waals surface area (Å²) in [5, 5.41) is 13.4. The number of amides is 1. The number of aliphatic hydroxyl groups is 1. The Morgan fingerprint density at radius 3 is 2.27 bits per heavy atom. The first-order valence-electron chi connectivity index (χ1n) is 12.9. The number of methoxy groups -OCH3 is 2. The molecule has 0 saturated heterocycles. The van der Waals surface area contributed by atoms with E-state index in [1.807, 2.05) is 76.2 Å². The molecule has 206 valence electrons. The maximum atomic E-state index is 12.2. The summed E-state index contributed by atoms with van der Waals surface area (Å²) in [6.45, 7) is 7.69. The highest BCUT2D eigenvalue weighted by Gasteiger charge is 2.25. The number of nitrogens with one attached hydrogen (secondary N) is 2. The van der Waals surface area contributed by atoms with Crippen molar-refractivity contribution in [2.24, 2.45) is 0 Å². The third-order valence-electron chi connectivity index (χ3n) is 5.85. The zero-order chi connectivity index (χ0) is 27.3. The minimum atomic E-state index is -0.802. The predicted octanol–water partition coefficient (Wildman–Crippen LogP) is 4.96. The number of hydrogen-bond acceptors (Lipinski definition) is 7. The second-order valence-electron chi connectivity index (χ2n) is 10.2. The molecule has 37 heavy (non-hydrogen) atoms. The second kappa shape index (κ2) is 15.4. The number of hydroxylamine groups is 1. The first-order valence-corrected chi connectivity index (χ1v) is 12.9. The van der Waals surface area contributed by atoms with Crippen LogP contribution < -0.4 is 20.3 Å². The van der Waals surface area contributed by atoms with Crippen LogP contribution in [0, 0.1) is 6.92 Å². The maximum absolute atomic E-state index is 12.2. The fourth-order valence-electron chi connectivity index (χ4n) is 3.95.